The molecule has 0 spiro atoms. The van der Waals surface area contributed by atoms with Crippen molar-refractivity contribution in [2.24, 2.45) is 5.73 Å². The van der Waals surface area contributed by atoms with Crippen LogP contribution in [-0.4, -0.2) is 60.5 Å². The molecule has 10 nitrogen and oxygen atoms in total. The molecule has 2 unspecified atom stereocenters. The van der Waals surface area contributed by atoms with Crippen molar-refractivity contribution in [3.63, 3.8) is 0 Å². The van der Waals surface area contributed by atoms with Gasteiger partial charge in [0.1, 0.15) is 6.61 Å². The molecular weight excluding hydrogens is 705 g/mol. The summed E-state index contributed by atoms with van der Waals surface area (Å²) in [5.74, 6) is -1.12. The number of unbranched alkanes of at least 4 members (excludes halogenated alkanes) is 12. The lowest BCUT2D eigenvalue weighted by molar-refractivity contribution is -0.161. The maximum absolute atomic E-state index is 12.6. The lowest BCUT2D eigenvalue weighted by atomic mass is 10.0. The Bertz CT molecular complexity index is 1130. The van der Waals surface area contributed by atoms with E-state index in [2.05, 4.69) is 62.5 Å². The molecule has 0 aliphatic carbocycles. The number of aliphatic hydroxyl groups excluding tert-OH is 1. The minimum Gasteiger partial charge on any atom is -0.462 e. The Kier molecular flexibility index (Phi) is 36.8. The summed E-state index contributed by atoms with van der Waals surface area (Å²) in [4.78, 5) is 34.8. The number of nitrogens with two attached hydrogens (primary N) is 1. The largest absolute Gasteiger partial charge is 0.472 e. The monoisotopic (exact) mass is 780 g/mol. The maximum atomic E-state index is 12.6. The van der Waals surface area contributed by atoms with E-state index in [1.807, 2.05) is 12.2 Å². The van der Waals surface area contributed by atoms with Crippen LogP contribution in [0.4, 0.5) is 0 Å². The molecule has 310 valence electrons. The van der Waals surface area contributed by atoms with E-state index in [0.29, 0.717) is 6.42 Å². The number of aliphatic hydroxyl groups is 1. The molecule has 4 N–H and O–H groups in total. The van der Waals surface area contributed by atoms with Gasteiger partial charge >= 0.3 is 19.8 Å². The van der Waals surface area contributed by atoms with Crippen LogP contribution in [0.5, 0.6) is 0 Å². The van der Waals surface area contributed by atoms with Gasteiger partial charge in [-0.1, -0.05) is 164 Å². The van der Waals surface area contributed by atoms with Crippen molar-refractivity contribution in [3.05, 3.63) is 72.9 Å². The Morgan fingerprint density at radius 3 is 1.70 bits per heavy atom. The summed E-state index contributed by atoms with van der Waals surface area (Å²) in [6.07, 6.45) is 42.6. The van der Waals surface area contributed by atoms with Crippen molar-refractivity contribution in [1.29, 1.82) is 0 Å². The van der Waals surface area contributed by atoms with Gasteiger partial charge in [-0.25, -0.2) is 4.57 Å². The van der Waals surface area contributed by atoms with Crippen molar-refractivity contribution >= 4 is 19.8 Å². The maximum Gasteiger partial charge on any atom is 0.472 e. The zero-order valence-corrected chi connectivity index (χ0v) is 34.4. The molecule has 0 rings (SSSR count). The molecule has 0 saturated heterocycles. The summed E-state index contributed by atoms with van der Waals surface area (Å²) in [6, 6.07) is 0. The second-order valence-corrected chi connectivity index (χ2v) is 14.8. The fourth-order valence-electron chi connectivity index (χ4n) is 5.15. The molecule has 0 aliphatic heterocycles. The van der Waals surface area contributed by atoms with Gasteiger partial charge in [0.15, 0.2) is 6.10 Å². The van der Waals surface area contributed by atoms with Gasteiger partial charge < -0.3 is 25.2 Å². The summed E-state index contributed by atoms with van der Waals surface area (Å²) >= 11 is 0. The normalized spacial score (nSPS) is 14.7. The zero-order chi connectivity index (χ0) is 39.8. The van der Waals surface area contributed by atoms with Crippen molar-refractivity contribution in [2.75, 3.05) is 26.4 Å². The van der Waals surface area contributed by atoms with Crippen LogP contribution in [0.15, 0.2) is 72.9 Å². The van der Waals surface area contributed by atoms with E-state index >= 15 is 0 Å². The molecule has 0 fully saturated rings. The average molecular weight is 780 g/mol. The molecule has 0 radical (unpaired) electrons. The van der Waals surface area contributed by atoms with Gasteiger partial charge in [0.25, 0.3) is 0 Å². The average Bonchev–Trinajstić information content (AvgIpc) is 3.15. The van der Waals surface area contributed by atoms with Crippen LogP contribution in [0.2, 0.25) is 0 Å². The lowest BCUT2D eigenvalue weighted by Crippen LogP contribution is -2.30. The Morgan fingerprint density at radius 2 is 1.17 bits per heavy atom. The molecule has 0 aliphatic rings. The van der Waals surface area contributed by atoms with Gasteiger partial charge in [-0.2, -0.15) is 0 Å². The highest BCUT2D eigenvalue weighted by Gasteiger charge is 2.26. The molecule has 0 aromatic heterocycles. The number of rotatable bonds is 37. The first kappa shape index (κ1) is 51.4. The van der Waals surface area contributed by atoms with Crippen molar-refractivity contribution in [3.8, 4) is 0 Å². The molecular formula is C43H74NO9P. The molecule has 0 saturated carbocycles. The fourth-order valence-corrected chi connectivity index (χ4v) is 5.92. The van der Waals surface area contributed by atoms with E-state index in [0.717, 1.165) is 51.4 Å². The summed E-state index contributed by atoms with van der Waals surface area (Å²) in [5, 5.41) is 10.3. The Hall–Kier alpha value is -2.59. The first-order valence-electron chi connectivity index (χ1n) is 20.5. The number of carbonyl (C=O) groups is 2. The minimum atomic E-state index is -4.44. The van der Waals surface area contributed by atoms with E-state index in [9.17, 15) is 24.2 Å². The van der Waals surface area contributed by atoms with Gasteiger partial charge in [0, 0.05) is 19.4 Å². The number of phosphoric acid groups is 1. The van der Waals surface area contributed by atoms with Crippen molar-refractivity contribution in [2.45, 2.75) is 161 Å². The van der Waals surface area contributed by atoms with Gasteiger partial charge in [0.05, 0.1) is 19.3 Å². The molecule has 0 bridgehead atoms. The van der Waals surface area contributed by atoms with Crippen LogP contribution in [0, 0.1) is 0 Å². The predicted octanol–water partition coefficient (Wildman–Crippen LogP) is 10.5. The number of phosphoric ester groups is 1. The van der Waals surface area contributed by atoms with E-state index in [1.165, 1.54) is 57.8 Å². The Labute approximate surface area is 327 Å². The summed E-state index contributed by atoms with van der Waals surface area (Å²) in [5.41, 5.74) is 5.32. The van der Waals surface area contributed by atoms with Gasteiger partial charge in [-0.3, -0.25) is 18.6 Å². The zero-order valence-electron chi connectivity index (χ0n) is 33.5. The van der Waals surface area contributed by atoms with Crippen molar-refractivity contribution in [1.82, 2.24) is 0 Å². The van der Waals surface area contributed by atoms with Crippen LogP contribution in [-0.2, 0) is 32.7 Å². The summed E-state index contributed by atoms with van der Waals surface area (Å²) < 4.78 is 32.5. The second kappa shape index (κ2) is 38.7. The molecule has 0 amide bonds. The number of hydrogen-bond acceptors (Lipinski definition) is 9. The number of hydrogen-bond donors (Lipinski definition) is 3. The lowest BCUT2D eigenvalue weighted by Gasteiger charge is -2.20. The highest BCUT2D eigenvalue weighted by atomic mass is 31.2. The second-order valence-electron chi connectivity index (χ2n) is 13.3. The third kappa shape index (κ3) is 37.7. The predicted molar refractivity (Wildman–Crippen MR) is 221 cm³/mol. The van der Waals surface area contributed by atoms with Gasteiger partial charge in [0.2, 0.25) is 0 Å². The molecule has 0 heterocycles. The molecule has 0 aromatic rings. The van der Waals surface area contributed by atoms with E-state index < -0.39 is 38.6 Å². The third-order valence-corrected chi connectivity index (χ3v) is 9.21. The number of carbonyl (C=O) groups excluding carboxylic acids is 2. The minimum absolute atomic E-state index is 0.0149. The molecule has 54 heavy (non-hydrogen) atoms. The van der Waals surface area contributed by atoms with Crippen LogP contribution < -0.4 is 5.73 Å². The SMILES string of the molecule is CC/C=C\C/C=C\C/C=C\C/C=C\C/C=C\C=C/C(O)CCC(=O)O[C@H](COC(=O)CCCCCCCCCCCCCCC)COP(=O)(O)OCCN. The Balaban J connectivity index is 4.45. The number of esters is 2. The van der Waals surface area contributed by atoms with Crippen LogP contribution in [0.1, 0.15) is 149 Å². The molecule has 0 aromatic carbocycles. The number of allylic oxidation sites excluding steroid dienone is 11. The Morgan fingerprint density at radius 1 is 0.648 bits per heavy atom. The third-order valence-electron chi connectivity index (χ3n) is 8.22. The van der Waals surface area contributed by atoms with Gasteiger partial charge in [-0.15, -0.1) is 0 Å². The highest BCUT2D eigenvalue weighted by molar-refractivity contribution is 7.47. The first-order valence-corrected chi connectivity index (χ1v) is 22.0. The van der Waals surface area contributed by atoms with Crippen LogP contribution in [0.25, 0.3) is 0 Å². The standard InChI is InChI=1S/C43H74NO9P/c1-3-5-7-9-11-13-15-17-18-19-21-22-24-26-28-30-32-40(45)34-35-43(47)53-41(39-52-54(48,49)51-37-36-44)38-50-42(46)33-31-29-27-25-23-20-16-14-12-10-8-6-4-2/h5,7,11,13,17-18,21-22,26,28,30,32,40-41,45H,3-4,6,8-10,12,14-16,19-20,23-25,27,29,31,33-39,44H2,1-2H3,(H,48,49)/b7-5-,13-11-,18-17-,22-21-,28-26-,32-30-/t40?,41-/m1/s1. The quantitative estimate of drug-likeness (QED) is 0.0182. The van der Waals surface area contributed by atoms with E-state index in [-0.39, 0.29) is 39.0 Å². The van der Waals surface area contributed by atoms with E-state index in [1.54, 1.807) is 12.2 Å². The molecule has 3 atom stereocenters. The summed E-state index contributed by atoms with van der Waals surface area (Å²) in [6.45, 7) is 3.32. The topological polar surface area (TPSA) is 155 Å². The van der Waals surface area contributed by atoms with Gasteiger partial charge in [-0.05, 0) is 44.9 Å². The van der Waals surface area contributed by atoms with Crippen LogP contribution >= 0.6 is 7.82 Å². The summed E-state index contributed by atoms with van der Waals surface area (Å²) in [7, 11) is -4.44. The van der Waals surface area contributed by atoms with Crippen LogP contribution in [0.3, 0.4) is 0 Å². The highest BCUT2D eigenvalue weighted by Crippen LogP contribution is 2.43. The fraction of sp³-hybridized carbons (Fsp3) is 0.674. The molecule has 11 heteroatoms. The van der Waals surface area contributed by atoms with Crippen molar-refractivity contribution < 1.29 is 42.7 Å². The van der Waals surface area contributed by atoms with E-state index in [4.69, 9.17) is 24.3 Å². The first-order chi connectivity index (χ1) is 26.2. The number of ether oxygens (including phenoxy) is 2. The smallest absolute Gasteiger partial charge is 0.462 e.